The quantitative estimate of drug-likeness (QED) is 0.884. The lowest BCUT2D eigenvalue weighted by Crippen LogP contribution is -2.46. The van der Waals surface area contributed by atoms with Crippen LogP contribution in [0.4, 0.5) is 10.1 Å². The summed E-state index contributed by atoms with van der Waals surface area (Å²) in [4.78, 5) is 13.0. The number of anilines is 1. The van der Waals surface area contributed by atoms with Crippen molar-refractivity contribution in [3.05, 3.63) is 59.9 Å². The first kappa shape index (κ1) is 17.6. The van der Waals surface area contributed by atoms with Gasteiger partial charge in [0.2, 0.25) is 5.91 Å². The van der Waals surface area contributed by atoms with E-state index in [4.69, 9.17) is 0 Å². The second-order valence-corrected chi connectivity index (χ2v) is 8.61. The van der Waals surface area contributed by atoms with Gasteiger partial charge in [-0.2, -0.15) is 0 Å². The minimum Gasteiger partial charge on any atom is -0.325 e. The first-order valence-corrected chi connectivity index (χ1v) is 9.93. The second-order valence-electron chi connectivity index (χ2n) is 6.33. The Balaban J connectivity index is 1.81. The van der Waals surface area contributed by atoms with Crippen LogP contribution < -0.4 is 5.32 Å². The lowest BCUT2D eigenvalue weighted by molar-refractivity contribution is -0.124. The number of rotatable bonds is 5. The summed E-state index contributed by atoms with van der Waals surface area (Å²) in [6.45, 7) is 1.59. The largest absolute Gasteiger partial charge is 0.325 e. The van der Waals surface area contributed by atoms with Crippen LogP contribution in [0.5, 0.6) is 0 Å². The maximum absolute atomic E-state index is 13.5. The monoisotopic (exact) mass is 361 g/mol. The highest BCUT2D eigenvalue weighted by Crippen LogP contribution is 2.44. The Kier molecular flexibility index (Phi) is 4.64. The van der Waals surface area contributed by atoms with E-state index in [0.29, 0.717) is 24.1 Å². The minimum atomic E-state index is -3.27. The van der Waals surface area contributed by atoms with Gasteiger partial charge in [-0.05, 0) is 54.8 Å². The molecule has 0 radical (unpaired) electrons. The van der Waals surface area contributed by atoms with E-state index in [-0.39, 0.29) is 22.4 Å². The van der Waals surface area contributed by atoms with Gasteiger partial charge in [0.15, 0.2) is 9.84 Å². The van der Waals surface area contributed by atoms with Crippen molar-refractivity contribution in [2.75, 3.05) is 11.1 Å². The molecule has 0 saturated heterocycles. The number of hydrogen-bond donors (Lipinski definition) is 1. The number of benzene rings is 2. The van der Waals surface area contributed by atoms with Crippen LogP contribution in [-0.4, -0.2) is 20.1 Å². The topological polar surface area (TPSA) is 63.2 Å². The average molecular weight is 361 g/mol. The van der Waals surface area contributed by atoms with Gasteiger partial charge in [-0.1, -0.05) is 25.5 Å². The molecule has 1 saturated carbocycles. The van der Waals surface area contributed by atoms with Crippen LogP contribution in [-0.2, 0) is 20.0 Å². The predicted octanol–water partition coefficient (Wildman–Crippen LogP) is 3.68. The molecular formula is C19H20FNO3S. The molecule has 2 aromatic carbocycles. The van der Waals surface area contributed by atoms with Crippen LogP contribution in [0.15, 0.2) is 53.4 Å². The predicted molar refractivity (Wildman–Crippen MR) is 94.7 cm³/mol. The molecule has 4 nitrogen and oxygen atoms in total. The number of halogens is 1. The standard InChI is InChI=1S/C19H20FNO3S/c1-2-25(23,24)17-9-7-16(8-10-17)21-18(22)19(11-4-12-19)14-5-3-6-15(20)13-14/h3,5-10,13H,2,4,11-12H2,1H3,(H,21,22). The highest BCUT2D eigenvalue weighted by atomic mass is 32.2. The fourth-order valence-electron chi connectivity index (χ4n) is 3.13. The Bertz CT molecular complexity index is 887. The number of nitrogens with one attached hydrogen (secondary N) is 1. The molecule has 25 heavy (non-hydrogen) atoms. The summed E-state index contributed by atoms with van der Waals surface area (Å²) >= 11 is 0. The molecule has 0 spiro atoms. The maximum Gasteiger partial charge on any atom is 0.235 e. The van der Waals surface area contributed by atoms with Crippen LogP contribution in [0.25, 0.3) is 0 Å². The zero-order chi connectivity index (χ0) is 18.1. The minimum absolute atomic E-state index is 0.0292. The van der Waals surface area contributed by atoms with E-state index in [1.165, 1.54) is 24.3 Å². The van der Waals surface area contributed by atoms with Gasteiger partial charge >= 0.3 is 0 Å². The summed E-state index contributed by atoms with van der Waals surface area (Å²) in [5, 5.41) is 2.84. The fourth-order valence-corrected chi connectivity index (χ4v) is 4.01. The maximum atomic E-state index is 13.5. The molecule has 3 rings (SSSR count). The van der Waals surface area contributed by atoms with E-state index in [1.807, 2.05) is 0 Å². The van der Waals surface area contributed by atoms with E-state index in [9.17, 15) is 17.6 Å². The molecule has 1 fully saturated rings. The van der Waals surface area contributed by atoms with Crippen LogP contribution in [0.3, 0.4) is 0 Å². The van der Waals surface area contributed by atoms with Crippen LogP contribution in [0, 0.1) is 5.82 Å². The molecule has 0 unspecified atom stereocenters. The lowest BCUT2D eigenvalue weighted by atomic mass is 9.63. The average Bonchev–Trinajstić information content (AvgIpc) is 2.54. The third-order valence-electron chi connectivity index (χ3n) is 4.87. The first-order chi connectivity index (χ1) is 11.9. The van der Waals surface area contributed by atoms with Gasteiger partial charge in [-0.3, -0.25) is 4.79 Å². The van der Waals surface area contributed by atoms with Crippen molar-refractivity contribution in [2.24, 2.45) is 0 Å². The van der Waals surface area contributed by atoms with Crippen molar-refractivity contribution < 1.29 is 17.6 Å². The molecule has 6 heteroatoms. The van der Waals surface area contributed by atoms with Gasteiger partial charge in [0.05, 0.1) is 16.1 Å². The summed E-state index contributed by atoms with van der Waals surface area (Å²) in [6, 6.07) is 12.3. The lowest BCUT2D eigenvalue weighted by Gasteiger charge is -2.40. The van der Waals surface area contributed by atoms with Gasteiger partial charge < -0.3 is 5.32 Å². The number of hydrogen-bond acceptors (Lipinski definition) is 3. The number of carbonyl (C=O) groups is 1. The van der Waals surface area contributed by atoms with Crippen LogP contribution in [0.2, 0.25) is 0 Å². The molecular weight excluding hydrogens is 341 g/mol. The van der Waals surface area contributed by atoms with Gasteiger partial charge in [0, 0.05) is 5.69 Å². The zero-order valence-electron chi connectivity index (χ0n) is 14.0. The molecule has 1 amide bonds. The van der Waals surface area contributed by atoms with Crippen LogP contribution in [0.1, 0.15) is 31.7 Å². The van der Waals surface area contributed by atoms with E-state index in [2.05, 4.69) is 5.32 Å². The van der Waals surface area contributed by atoms with Crippen molar-refractivity contribution >= 4 is 21.4 Å². The Morgan fingerprint density at radius 2 is 1.84 bits per heavy atom. The van der Waals surface area contributed by atoms with Gasteiger partial charge in [0.1, 0.15) is 5.82 Å². The summed E-state index contributed by atoms with van der Waals surface area (Å²) in [6.07, 6.45) is 2.26. The molecule has 0 bridgehead atoms. The summed E-state index contributed by atoms with van der Waals surface area (Å²) in [5.41, 5.74) is 0.500. The van der Waals surface area contributed by atoms with Crippen molar-refractivity contribution in [1.82, 2.24) is 0 Å². The van der Waals surface area contributed by atoms with E-state index in [0.717, 1.165) is 6.42 Å². The van der Waals surface area contributed by atoms with E-state index in [1.54, 1.807) is 31.2 Å². The second kappa shape index (κ2) is 6.59. The highest BCUT2D eigenvalue weighted by molar-refractivity contribution is 7.91. The van der Waals surface area contributed by atoms with Crippen molar-refractivity contribution in [3.63, 3.8) is 0 Å². The van der Waals surface area contributed by atoms with E-state index < -0.39 is 15.3 Å². The number of carbonyl (C=O) groups excluding carboxylic acids is 1. The number of amides is 1. The van der Waals surface area contributed by atoms with Crippen molar-refractivity contribution in [2.45, 2.75) is 36.5 Å². The Hall–Kier alpha value is -2.21. The zero-order valence-corrected chi connectivity index (χ0v) is 14.8. The normalized spacial score (nSPS) is 16.1. The molecule has 0 heterocycles. The molecule has 0 aliphatic heterocycles. The molecule has 132 valence electrons. The van der Waals surface area contributed by atoms with Gasteiger partial charge in [-0.25, -0.2) is 12.8 Å². The first-order valence-electron chi connectivity index (χ1n) is 8.28. The summed E-state index contributed by atoms with van der Waals surface area (Å²) in [5.74, 6) is -0.511. The number of sulfone groups is 1. The Morgan fingerprint density at radius 1 is 1.16 bits per heavy atom. The molecule has 1 N–H and O–H groups in total. The molecule has 1 aliphatic rings. The molecule has 1 aliphatic carbocycles. The van der Waals surface area contributed by atoms with Gasteiger partial charge in [0.25, 0.3) is 0 Å². The third kappa shape index (κ3) is 3.31. The van der Waals surface area contributed by atoms with Crippen molar-refractivity contribution in [1.29, 1.82) is 0 Å². The van der Waals surface area contributed by atoms with Gasteiger partial charge in [-0.15, -0.1) is 0 Å². The fraction of sp³-hybridized carbons (Fsp3) is 0.316. The SMILES string of the molecule is CCS(=O)(=O)c1ccc(NC(=O)C2(c3cccc(F)c3)CCC2)cc1. The Labute approximate surface area is 147 Å². The van der Waals surface area contributed by atoms with E-state index >= 15 is 0 Å². The summed E-state index contributed by atoms with van der Waals surface area (Å²) in [7, 11) is -3.27. The summed E-state index contributed by atoms with van der Waals surface area (Å²) < 4.78 is 37.2. The molecule has 0 atom stereocenters. The van der Waals surface area contributed by atoms with Crippen molar-refractivity contribution in [3.8, 4) is 0 Å². The van der Waals surface area contributed by atoms with Crippen LogP contribution >= 0.6 is 0 Å². The molecule has 2 aromatic rings. The third-order valence-corrected chi connectivity index (χ3v) is 6.62. The highest BCUT2D eigenvalue weighted by Gasteiger charge is 2.45. The molecule has 0 aromatic heterocycles. The smallest absolute Gasteiger partial charge is 0.235 e. The Morgan fingerprint density at radius 3 is 2.36 bits per heavy atom.